The van der Waals surface area contributed by atoms with Gasteiger partial charge in [-0.1, -0.05) is 0 Å². The Labute approximate surface area is 84.6 Å². The maximum absolute atomic E-state index is 8.35. The predicted molar refractivity (Wildman–Crippen MR) is 51.8 cm³/mol. The highest BCUT2D eigenvalue weighted by molar-refractivity contribution is 6.22. The van der Waals surface area contributed by atoms with Gasteiger partial charge in [0.25, 0.3) is 0 Å². The lowest BCUT2D eigenvalue weighted by Crippen LogP contribution is -2.25. The molecule has 0 aliphatic heterocycles. The molecule has 0 radical (unpaired) electrons. The van der Waals surface area contributed by atoms with Crippen LogP contribution in [0.15, 0.2) is 0 Å². The molecule has 0 saturated heterocycles. The van der Waals surface area contributed by atoms with E-state index < -0.39 is 5.38 Å². The van der Waals surface area contributed by atoms with Crippen LogP contribution in [0.4, 0.5) is 0 Å². The summed E-state index contributed by atoms with van der Waals surface area (Å²) in [6, 6.07) is 1.89. The van der Waals surface area contributed by atoms with Crippen LogP contribution >= 0.6 is 11.6 Å². The molecule has 1 unspecified atom stereocenters. The summed E-state index contributed by atoms with van der Waals surface area (Å²) in [5.74, 6) is 0. The van der Waals surface area contributed by atoms with Crippen molar-refractivity contribution < 1.29 is 9.47 Å². The first-order valence-electron chi connectivity index (χ1n) is 4.18. The minimum Gasteiger partial charge on any atom is -0.379 e. The van der Waals surface area contributed by atoms with E-state index in [1.54, 1.807) is 7.11 Å². The highest BCUT2D eigenvalue weighted by Crippen LogP contribution is 2.12. The van der Waals surface area contributed by atoms with Crippen LogP contribution < -0.4 is 0 Å². The third kappa shape index (κ3) is 6.83. The van der Waals surface area contributed by atoms with E-state index in [-0.39, 0.29) is 12.2 Å². The van der Waals surface area contributed by atoms with Crippen molar-refractivity contribution in [2.24, 2.45) is 0 Å². The fourth-order valence-electron chi connectivity index (χ4n) is 0.644. The van der Waals surface area contributed by atoms with Gasteiger partial charge in [0.05, 0.1) is 18.3 Å². The van der Waals surface area contributed by atoms with Gasteiger partial charge in [-0.2, -0.15) is 5.26 Å². The number of nitrogens with zero attached hydrogens (tertiary/aromatic N) is 1. The van der Waals surface area contributed by atoms with E-state index in [0.717, 1.165) is 6.42 Å². The first kappa shape index (κ1) is 12.7. The quantitative estimate of drug-likeness (QED) is 0.492. The first-order chi connectivity index (χ1) is 6.02. The van der Waals surface area contributed by atoms with E-state index in [1.807, 2.05) is 19.9 Å². The van der Waals surface area contributed by atoms with Crippen molar-refractivity contribution in [1.29, 1.82) is 5.26 Å². The number of alkyl halides is 1. The van der Waals surface area contributed by atoms with Gasteiger partial charge in [-0.15, -0.1) is 11.6 Å². The van der Waals surface area contributed by atoms with Crippen molar-refractivity contribution in [2.75, 3.05) is 20.3 Å². The van der Waals surface area contributed by atoms with Crippen LogP contribution in [0.2, 0.25) is 0 Å². The molecule has 0 bridgehead atoms. The molecule has 0 N–H and O–H groups in total. The molecule has 0 aromatic rings. The summed E-state index contributed by atoms with van der Waals surface area (Å²) in [6.07, 6.45) is 0.790. The molecular formula is C9H16ClNO2. The van der Waals surface area contributed by atoms with E-state index >= 15 is 0 Å². The minimum atomic E-state index is -0.550. The molecule has 0 heterocycles. The molecular weight excluding hydrogens is 190 g/mol. The van der Waals surface area contributed by atoms with Gasteiger partial charge in [0.15, 0.2) is 0 Å². The summed E-state index contributed by atoms with van der Waals surface area (Å²) in [6.45, 7) is 4.81. The highest BCUT2D eigenvalue weighted by Gasteiger charge is 2.15. The van der Waals surface area contributed by atoms with Gasteiger partial charge in [0.2, 0.25) is 0 Å². The molecule has 3 nitrogen and oxygen atoms in total. The predicted octanol–water partition coefficient (Wildman–Crippen LogP) is 1.95. The summed E-state index contributed by atoms with van der Waals surface area (Å²) in [5.41, 5.74) is -0.172. The Kier molecular flexibility index (Phi) is 6.06. The van der Waals surface area contributed by atoms with Crippen molar-refractivity contribution in [3.05, 3.63) is 0 Å². The van der Waals surface area contributed by atoms with Crippen LogP contribution in [0.3, 0.4) is 0 Å². The first-order valence-corrected chi connectivity index (χ1v) is 4.62. The van der Waals surface area contributed by atoms with Gasteiger partial charge >= 0.3 is 0 Å². The third-order valence-electron chi connectivity index (χ3n) is 1.81. The molecule has 0 aromatic carbocycles. The zero-order chi connectivity index (χ0) is 10.3. The fourth-order valence-corrected chi connectivity index (χ4v) is 0.733. The molecule has 0 saturated carbocycles. The average Bonchev–Trinajstić information content (AvgIpc) is 2.12. The molecule has 0 fully saturated rings. The monoisotopic (exact) mass is 205 g/mol. The van der Waals surface area contributed by atoms with Crippen LogP contribution in [0.5, 0.6) is 0 Å². The van der Waals surface area contributed by atoms with Gasteiger partial charge in [-0.05, 0) is 20.3 Å². The molecule has 0 aliphatic rings. The zero-order valence-corrected chi connectivity index (χ0v) is 9.10. The molecule has 0 rings (SSSR count). The Balaban J connectivity index is 3.42. The Morgan fingerprint density at radius 1 is 1.54 bits per heavy atom. The molecule has 0 aromatic heterocycles. The standard InChI is InChI=1S/C9H16ClNO2/c1-9(2,12-3)4-5-13-7-8(10)6-11/h8H,4-5,7H2,1-3H3. The molecule has 0 spiro atoms. The van der Waals surface area contributed by atoms with Crippen LogP contribution in [0, 0.1) is 11.3 Å². The lowest BCUT2D eigenvalue weighted by Gasteiger charge is -2.22. The second kappa shape index (κ2) is 6.20. The van der Waals surface area contributed by atoms with Crippen LogP contribution in [0.1, 0.15) is 20.3 Å². The lowest BCUT2D eigenvalue weighted by molar-refractivity contribution is -0.00890. The molecule has 4 heteroatoms. The topological polar surface area (TPSA) is 42.2 Å². The number of hydrogen-bond donors (Lipinski definition) is 0. The van der Waals surface area contributed by atoms with Gasteiger partial charge in [-0.25, -0.2) is 0 Å². The van der Waals surface area contributed by atoms with E-state index in [0.29, 0.717) is 6.61 Å². The maximum atomic E-state index is 8.35. The SMILES string of the molecule is COC(C)(C)CCOCC(Cl)C#N. The second-order valence-corrected chi connectivity index (χ2v) is 3.91. The Morgan fingerprint density at radius 3 is 2.62 bits per heavy atom. The van der Waals surface area contributed by atoms with Gasteiger partial charge in [0.1, 0.15) is 5.38 Å². The van der Waals surface area contributed by atoms with E-state index in [9.17, 15) is 0 Å². The number of rotatable bonds is 6. The third-order valence-corrected chi connectivity index (χ3v) is 2.03. The van der Waals surface area contributed by atoms with Crippen LogP contribution in [-0.2, 0) is 9.47 Å². The molecule has 1 atom stereocenters. The van der Waals surface area contributed by atoms with Crippen molar-refractivity contribution >= 4 is 11.6 Å². The van der Waals surface area contributed by atoms with E-state index in [2.05, 4.69) is 0 Å². The van der Waals surface area contributed by atoms with Crippen molar-refractivity contribution in [1.82, 2.24) is 0 Å². The number of methoxy groups -OCH3 is 1. The zero-order valence-electron chi connectivity index (χ0n) is 8.34. The Bertz CT molecular complexity index is 177. The average molecular weight is 206 g/mol. The van der Waals surface area contributed by atoms with E-state index in [1.165, 1.54) is 0 Å². The Hall–Kier alpha value is -0.300. The van der Waals surface area contributed by atoms with Crippen molar-refractivity contribution in [2.45, 2.75) is 31.2 Å². The van der Waals surface area contributed by atoms with Gasteiger partial charge in [-0.3, -0.25) is 0 Å². The number of ether oxygens (including phenoxy) is 2. The largest absolute Gasteiger partial charge is 0.379 e. The fraction of sp³-hybridized carbons (Fsp3) is 0.889. The maximum Gasteiger partial charge on any atom is 0.143 e. The van der Waals surface area contributed by atoms with Gasteiger partial charge < -0.3 is 9.47 Å². The van der Waals surface area contributed by atoms with E-state index in [4.69, 9.17) is 26.3 Å². The van der Waals surface area contributed by atoms with Crippen molar-refractivity contribution in [3.8, 4) is 6.07 Å². The summed E-state index contributed by atoms with van der Waals surface area (Å²) in [7, 11) is 1.67. The summed E-state index contributed by atoms with van der Waals surface area (Å²) < 4.78 is 10.4. The Morgan fingerprint density at radius 2 is 2.15 bits per heavy atom. The number of nitriles is 1. The van der Waals surface area contributed by atoms with Gasteiger partial charge in [0, 0.05) is 13.7 Å². The molecule has 13 heavy (non-hydrogen) atoms. The number of halogens is 1. The lowest BCUT2D eigenvalue weighted by atomic mass is 10.1. The summed E-state index contributed by atoms with van der Waals surface area (Å²) in [5, 5.41) is 7.80. The molecule has 0 amide bonds. The smallest absolute Gasteiger partial charge is 0.143 e. The molecule has 76 valence electrons. The van der Waals surface area contributed by atoms with Crippen molar-refractivity contribution in [3.63, 3.8) is 0 Å². The van der Waals surface area contributed by atoms with Crippen LogP contribution in [-0.4, -0.2) is 31.3 Å². The minimum absolute atomic E-state index is 0.172. The van der Waals surface area contributed by atoms with Crippen LogP contribution in [0.25, 0.3) is 0 Å². The second-order valence-electron chi connectivity index (χ2n) is 3.39. The summed E-state index contributed by atoms with van der Waals surface area (Å²) >= 11 is 5.53. The molecule has 0 aliphatic carbocycles. The highest BCUT2D eigenvalue weighted by atomic mass is 35.5. The summed E-state index contributed by atoms with van der Waals surface area (Å²) in [4.78, 5) is 0. The normalized spacial score (nSPS) is 13.8. The number of hydrogen-bond acceptors (Lipinski definition) is 3.